The highest BCUT2D eigenvalue weighted by Gasteiger charge is 2.61. The number of aliphatic hydroxyl groups is 1. The van der Waals surface area contributed by atoms with Crippen LogP contribution in [0.1, 0.15) is 25.8 Å². The lowest BCUT2D eigenvalue weighted by molar-refractivity contribution is 0.231. The minimum atomic E-state index is -0.0168. The van der Waals surface area contributed by atoms with Crippen molar-refractivity contribution in [3.8, 4) is 0 Å². The van der Waals surface area contributed by atoms with Crippen LogP contribution < -0.4 is 0 Å². The molecule has 2 aromatic carbocycles. The Balaban J connectivity index is 2.13. The van der Waals surface area contributed by atoms with Gasteiger partial charge >= 0.3 is 0 Å². The molecule has 3 rings (SSSR count). The Bertz CT molecular complexity index is 571. The van der Waals surface area contributed by atoms with Crippen LogP contribution >= 0.6 is 0 Å². The first-order chi connectivity index (χ1) is 8.09. The van der Waals surface area contributed by atoms with Crippen molar-refractivity contribution >= 4 is 10.8 Å². The van der Waals surface area contributed by atoms with Crippen LogP contribution in [-0.4, -0.2) is 11.7 Å². The van der Waals surface area contributed by atoms with E-state index >= 15 is 0 Å². The summed E-state index contributed by atoms with van der Waals surface area (Å²) in [6, 6.07) is 15.0. The van der Waals surface area contributed by atoms with Gasteiger partial charge in [0.05, 0.1) is 6.61 Å². The van der Waals surface area contributed by atoms with Crippen LogP contribution in [0.4, 0.5) is 0 Å². The molecule has 1 saturated carbocycles. The molecule has 17 heavy (non-hydrogen) atoms. The molecule has 0 heterocycles. The largest absolute Gasteiger partial charge is 0.395 e. The average Bonchev–Trinajstić information content (AvgIpc) is 2.92. The monoisotopic (exact) mass is 226 g/mol. The van der Waals surface area contributed by atoms with E-state index in [9.17, 15) is 5.11 Å². The lowest BCUT2D eigenvalue weighted by atomic mass is 9.87. The van der Waals surface area contributed by atoms with Gasteiger partial charge in [-0.1, -0.05) is 56.3 Å². The van der Waals surface area contributed by atoms with E-state index in [0.717, 1.165) is 6.42 Å². The minimum Gasteiger partial charge on any atom is -0.395 e. The van der Waals surface area contributed by atoms with Crippen LogP contribution in [-0.2, 0) is 5.41 Å². The predicted octanol–water partition coefficient (Wildman–Crippen LogP) is 3.50. The Hall–Kier alpha value is -1.34. The molecule has 1 N–H and O–H groups in total. The number of hydrogen-bond acceptors (Lipinski definition) is 1. The zero-order chi connectivity index (χ0) is 12.1. The van der Waals surface area contributed by atoms with E-state index in [1.54, 1.807) is 0 Å². The molecule has 1 aliphatic rings. The van der Waals surface area contributed by atoms with Crippen LogP contribution in [0.3, 0.4) is 0 Å². The quantitative estimate of drug-likeness (QED) is 0.831. The van der Waals surface area contributed by atoms with E-state index in [1.165, 1.54) is 16.3 Å². The molecular formula is C16H18O. The Morgan fingerprint density at radius 2 is 1.71 bits per heavy atom. The second-order valence-electron chi connectivity index (χ2n) is 5.86. The minimum absolute atomic E-state index is 0.0168. The predicted molar refractivity (Wildman–Crippen MR) is 71.1 cm³/mol. The molecule has 0 amide bonds. The van der Waals surface area contributed by atoms with Gasteiger partial charge in [0.15, 0.2) is 0 Å². The van der Waals surface area contributed by atoms with Crippen LogP contribution in [0, 0.1) is 5.41 Å². The lowest BCUT2D eigenvalue weighted by Crippen LogP contribution is -2.19. The maximum absolute atomic E-state index is 9.72. The maximum Gasteiger partial charge on any atom is 0.0533 e. The van der Waals surface area contributed by atoms with Crippen molar-refractivity contribution in [2.75, 3.05) is 6.61 Å². The number of aliphatic hydroxyl groups excluding tert-OH is 1. The fourth-order valence-electron chi connectivity index (χ4n) is 3.05. The van der Waals surface area contributed by atoms with Gasteiger partial charge in [-0.05, 0) is 28.2 Å². The summed E-state index contributed by atoms with van der Waals surface area (Å²) in [6.45, 7) is 4.72. The zero-order valence-corrected chi connectivity index (χ0v) is 10.4. The summed E-state index contributed by atoms with van der Waals surface area (Å²) in [5.41, 5.74) is 1.49. The Kier molecular flexibility index (Phi) is 2.11. The third-order valence-electron chi connectivity index (χ3n) is 4.49. The summed E-state index contributed by atoms with van der Waals surface area (Å²) in [4.78, 5) is 0. The summed E-state index contributed by atoms with van der Waals surface area (Å²) in [6.07, 6.45) is 1.08. The highest BCUT2D eigenvalue weighted by atomic mass is 16.3. The molecule has 1 unspecified atom stereocenters. The van der Waals surface area contributed by atoms with Crippen molar-refractivity contribution in [3.63, 3.8) is 0 Å². The van der Waals surface area contributed by atoms with Gasteiger partial charge in [0.2, 0.25) is 0 Å². The standard InChI is InChI=1S/C16H18O/c1-15(2)10-16(15,11-17)14-8-7-12-5-3-4-6-13(12)9-14/h3-9,17H,10-11H2,1-2H3. The molecule has 1 nitrogen and oxygen atoms in total. The normalized spacial score (nSPS) is 26.1. The summed E-state index contributed by atoms with van der Waals surface area (Å²) >= 11 is 0. The lowest BCUT2D eigenvalue weighted by Gasteiger charge is -2.18. The van der Waals surface area contributed by atoms with Crippen LogP contribution in [0.25, 0.3) is 10.8 Å². The summed E-state index contributed by atoms with van der Waals surface area (Å²) in [7, 11) is 0. The molecule has 0 bridgehead atoms. The SMILES string of the molecule is CC1(C)CC1(CO)c1ccc2ccccc2c1. The van der Waals surface area contributed by atoms with E-state index in [1.807, 2.05) is 0 Å². The molecule has 88 valence electrons. The molecule has 2 aromatic rings. The molecule has 0 radical (unpaired) electrons. The van der Waals surface area contributed by atoms with E-state index in [-0.39, 0.29) is 17.4 Å². The first-order valence-corrected chi connectivity index (χ1v) is 6.19. The smallest absolute Gasteiger partial charge is 0.0533 e. The molecule has 1 fully saturated rings. The first-order valence-electron chi connectivity index (χ1n) is 6.19. The second kappa shape index (κ2) is 3.33. The van der Waals surface area contributed by atoms with Crippen molar-refractivity contribution in [2.45, 2.75) is 25.7 Å². The molecule has 0 aliphatic heterocycles. The fourth-order valence-corrected chi connectivity index (χ4v) is 3.05. The van der Waals surface area contributed by atoms with Crippen molar-refractivity contribution in [1.82, 2.24) is 0 Å². The average molecular weight is 226 g/mol. The first kappa shape index (κ1) is 10.8. The van der Waals surface area contributed by atoms with E-state index in [4.69, 9.17) is 0 Å². The van der Waals surface area contributed by atoms with Gasteiger partial charge in [0.1, 0.15) is 0 Å². The van der Waals surface area contributed by atoms with Gasteiger partial charge in [0, 0.05) is 5.41 Å². The molecule has 1 heteroatoms. The second-order valence-corrected chi connectivity index (χ2v) is 5.86. The van der Waals surface area contributed by atoms with Crippen molar-refractivity contribution in [1.29, 1.82) is 0 Å². The highest BCUT2D eigenvalue weighted by molar-refractivity contribution is 5.83. The van der Waals surface area contributed by atoms with E-state index in [0.29, 0.717) is 0 Å². The van der Waals surface area contributed by atoms with Gasteiger partial charge in [-0.3, -0.25) is 0 Å². The number of hydrogen-bond donors (Lipinski definition) is 1. The van der Waals surface area contributed by atoms with E-state index in [2.05, 4.69) is 56.3 Å². The third-order valence-corrected chi connectivity index (χ3v) is 4.49. The topological polar surface area (TPSA) is 20.2 Å². The molecule has 1 aliphatic carbocycles. The van der Waals surface area contributed by atoms with Crippen molar-refractivity contribution in [3.05, 3.63) is 48.0 Å². The Morgan fingerprint density at radius 1 is 1.06 bits per heavy atom. The molecule has 0 spiro atoms. The third kappa shape index (κ3) is 1.42. The maximum atomic E-state index is 9.72. The van der Waals surface area contributed by atoms with Crippen LogP contribution in [0.5, 0.6) is 0 Å². The van der Waals surface area contributed by atoms with Gasteiger partial charge in [-0.25, -0.2) is 0 Å². The summed E-state index contributed by atoms with van der Waals surface area (Å²) < 4.78 is 0. The van der Waals surface area contributed by atoms with Crippen LogP contribution in [0.15, 0.2) is 42.5 Å². The summed E-state index contributed by atoms with van der Waals surface area (Å²) in [5.74, 6) is 0. The molecule has 1 atom stereocenters. The number of benzene rings is 2. The van der Waals surface area contributed by atoms with Crippen LogP contribution in [0.2, 0.25) is 0 Å². The van der Waals surface area contributed by atoms with E-state index < -0.39 is 0 Å². The number of fused-ring (bicyclic) bond motifs is 1. The Labute approximate surface area is 102 Å². The highest BCUT2D eigenvalue weighted by Crippen LogP contribution is 2.64. The molecule has 0 aromatic heterocycles. The Morgan fingerprint density at radius 3 is 2.29 bits per heavy atom. The number of rotatable bonds is 2. The van der Waals surface area contributed by atoms with Crippen molar-refractivity contribution in [2.24, 2.45) is 5.41 Å². The molecular weight excluding hydrogens is 208 g/mol. The van der Waals surface area contributed by atoms with Crippen molar-refractivity contribution < 1.29 is 5.11 Å². The van der Waals surface area contributed by atoms with Gasteiger partial charge < -0.3 is 5.11 Å². The summed E-state index contributed by atoms with van der Waals surface area (Å²) in [5, 5.41) is 12.2. The fraction of sp³-hybridized carbons (Fsp3) is 0.375. The van der Waals surface area contributed by atoms with Gasteiger partial charge in [-0.15, -0.1) is 0 Å². The van der Waals surface area contributed by atoms with Gasteiger partial charge in [0.25, 0.3) is 0 Å². The molecule has 0 saturated heterocycles. The van der Waals surface area contributed by atoms with Gasteiger partial charge in [-0.2, -0.15) is 0 Å². The zero-order valence-electron chi connectivity index (χ0n) is 10.4.